The molecular weight excluding hydrogens is 236 g/mol. The molecule has 0 aliphatic rings. The van der Waals surface area contributed by atoms with Crippen LogP contribution in [0.2, 0.25) is 0 Å². The number of aryl methyl sites for hydroxylation is 1. The molecule has 0 saturated heterocycles. The molecule has 3 nitrogen and oxygen atoms in total. The van der Waals surface area contributed by atoms with Crippen molar-refractivity contribution in [2.75, 3.05) is 5.73 Å². The maximum absolute atomic E-state index is 13.2. The number of nitrogen functional groups attached to an aromatic ring is 1. The highest BCUT2D eigenvalue weighted by Gasteiger charge is 2.12. The predicted octanol–water partition coefficient (Wildman–Crippen LogP) is 2.87. The van der Waals surface area contributed by atoms with Gasteiger partial charge >= 0.3 is 0 Å². The summed E-state index contributed by atoms with van der Waals surface area (Å²) in [5.74, 6) is -0.837. The highest BCUT2D eigenvalue weighted by molar-refractivity contribution is 5.67. The Morgan fingerprint density at radius 1 is 1.17 bits per heavy atom. The lowest BCUT2D eigenvalue weighted by Crippen LogP contribution is -2.04. The van der Waals surface area contributed by atoms with Crippen molar-refractivity contribution in [1.29, 1.82) is 0 Å². The van der Waals surface area contributed by atoms with E-state index in [2.05, 4.69) is 9.97 Å². The SMILES string of the molecule is CCc1nc(N)c(C)c(-c2ccc(F)c(F)c2)n1. The van der Waals surface area contributed by atoms with Crippen molar-refractivity contribution in [3.8, 4) is 11.3 Å². The van der Waals surface area contributed by atoms with E-state index in [0.717, 1.165) is 12.1 Å². The number of rotatable bonds is 2. The van der Waals surface area contributed by atoms with Crippen LogP contribution in [0.15, 0.2) is 18.2 Å². The van der Waals surface area contributed by atoms with Gasteiger partial charge in [0, 0.05) is 17.5 Å². The number of aromatic nitrogens is 2. The van der Waals surface area contributed by atoms with Crippen molar-refractivity contribution in [2.45, 2.75) is 20.3 Å². The number of hydrogen-bond acceptors (Lipinski definition) is 3. The molecule has 18 heavy (non-hydrogen) atoms. The average molecular weight is 249 g/mol. The molecule has 5 heteroatoms. The van der Waals surface area contributed by atoms with E-state index in [4.69, 9.17) is 5.73 Å². The van der Waals surface area contributed by atoms with Gasteiger partial charge in [0.15, 0.2) is 11.6 Å². The number of halogens is 2. The second-order valence-electron chi connectivity index (χ2n) is 3.98. The highest BCUT2D eigenvalue weighted by Crippen LogP contribution is 2.25. The summed E-state index contributed by atoms with van der Waals surface area (Å²) in [7, 11) is 0. The van der Waals surface area contributed by atoms with Gasteiger partial charge in [-0.3, -0.25) is 0 Å². The molecule has 1 aromatic heterocycles. The zero-order chi connectivity index (χ0) is 13.3. The van der Waals surface area contributed by atoms with Crippen LogP contribution in [0.5, 0.6) is 0 Å². The molecule has 0 saturated carbocycles. The van der Waals surface area contributed by atoms with Crippen molar-refractivity contribution in [3.63, 3.8) is 0 Å². The summed E-state index contributed by atoms with van der Waals surface area (Å²) in [6, 6.07) is 3.67. The van der Waals surface area contributed by atoms with Crippen LogP contribution in [0.4, 0.5) is 14.6 Å². The van der Waals surface area contributed by atoms with Crippen LogP contribution in [0, 0.1) is 18.6 Å². The molecule has 0 aliphatic carbocycles. The lowest BCUT2D eigenvalue weighted by atomic mass is 10.1. The fraction of sp³-hybridized carbons (Fsp3) is 0.231. The number of nitrogens with two attached hydrogens (primary N) is 1. The Bertz CT molecular complexity index is 597. The molecule has 0 amide bonds. The highest BCUT2D eigenvalue weighted by atomic mass is 19.2. The number of hydrogen-bond donors (Lipinski definition) is 1. The van der Waals surface area contributed by atoms with Gasteiger partial charge < -0.3 is 5.73 Å². The molecule has 2 N–H and O–H groups in total. The van der Waals surface area contributed by atoms with Gasteiger partial charge in [0.2, 0.25) is 0 Å². The molecule has 0 spiro atoms. The number of nitrogens with zero attached hydrogens (tertiary/aromatic N) is 2. The van der Waals surface area contributed by atoms with E-state index in [0.29, 0.717) is 34.9 Å². The molecule has 0 unspecified atom stereocenters. The Morgan fingerprint density at radius 3 is 2.50 bits per heavy atom. The van der Waals surface area contributed by atoms with E-state index < -0.39 is 11.6 Å². The quantitative estimate of drug-likeness (QED) is 0.890. The summed E-state index contributed by atoms with van der Waals surface area (Å²) in [6.07, 6.45) is 0.626. The third kappa shape index (κ3) is 2.16. The molecule has 0 bridgehead atoms. The van der Waals surface area contributed by atoms with Crippen molar-refractivity contribution in [2.24, 2.45) is 0 Å². The van der Waals surface area contributed by atoms with Gasteiger partial charge in [0.1, 0.15) is 11.6 Å². The molecule has 2 aromatic rings. The average Bonchev–Trinajstić information content (AvgIpc) is 2.36. The Kier molecular flexibility index (Phi) is 3.23. The third-order valence-electron chi connectivity index (χ3n) is 2.74. The lowest BCUT2D eigenvalue weighted by Gasteiger charge is -2.09. The Balaban J connectivity index is 2.62. The summed E-state index contributed by atoms with van der Waals surface area (Å²) in [5, 5.41) is 0. The molecule has 94 valence electrons. The van der Waals surface area contributed by atoms with Gasteiger partial charge in [0.25, 0.3) is 0 Å². The summed E-state index contributed by atoms with van der Waals surface area (Å²) >= 11 is 0. The van der Waals surface area contributed by atoms with Crippen LogP contribution in [0.25, 0.3) is 11.3 Å². The maximum atomic E-state index is 13.2. The third-order valence-corrected chi connectivity index (χ3v) is 2.74. The first-order valence-corrected chi connectivity index (χ1v) is 5.61. The van der Waals surface area contributed by atoms with Crippen LogP contribution in [-0.2, 0) is 6.42 Å². The van der Waals surface area contributed by atoms with Gasteiger partial charge in [-0.15, -0.1) is 0 Å². The molecule has 0 fully saturated rings. The van der Waals surface area contributed by atoms with Gasteiger partial charge in [-0.05, 0) is 25.1 Å². The van der Waals surface area contributed by atoms with Crippen LogP contribution >= 0.6 is 0 Å². The van der Waals surface area contributed by atoms with E-state index in [9.17, 15) is 8.78 Å². The van der Waals surface area contributed by atoms with Crippen LogP contribution in [-0.4, -0.2) is 9.97 Å². The molecule has 2 rings (SSSR count). The van der Waals surface area contributed by atoms with E-state index in [1.54, 1.807) is 6.92 Å². The molecular formula is C13H13F2N3. The second-order valence-corrected chi connectivity index (χ2v) is 3.98. The van der Waals surface area contributed by atoms with E-state index >= 15 is 0 Å². The van der Waals surface area contributed by atoms with Gasteiger partial charge in [0.05, 0.1) is 5.69 Å². The Labute approximate surface area is 104 Å². The van der Waals surface area contributed by atoms with Crippen LogP contribution in [0.1, 0.15) is 18.3 Å². The molecule has 1 heterocycles. The fourth-order valence-electron chi connectivity index (χ4n) is 1.66. The lowest BCUT2D eigenvalue weighted by molar-refractivity contribution is 0.509. The molecule has 0 atom stereocenters. The first kappa shape index (κ1) is 12.4. The minimum absolute atomic E-state index is 0.363. The van der Waals surface area contributed by atoms with Crippen LogP contribution in [0.3, 0.4) is 0 Å². The Morgan fingerprint density at radius 2 is 1.89 bits per heavy atom. The zero-order valence-corrected chi connectivity index (χ0v) is 10.2. The van der Waals surface area contributed by atoms with E-state index in [-0.39, 0.29) is 0 Å². The molecule has 1 aromatic carbocycles. The fourth-order valence-corrected chi connectivity index (χ4v) is 1.66. The summed E-state index contributed by atoms with van der Waals surface area (Å²) < 4.78 is 26.1. The van der Waals surface area contributed by atoms with Crippen molar-refractivity contribution in [1.82, 2.24) is 9.97 Å². The standard InChI is InChI=1S/C13H13F2N3/c1-3-11-17-12(7(2)13(16)18-11)8-4-5-9(14)10(15)6-8/h4-6H,3H2,1-2H3,(H2,16,17,18). The first-order valence-electron chi connectivity index (χ1n) is 5.61. The van der Waals surface area contributed by atoms with E-state index in [1.807, 2.05) is 6.92 Å². The number of benzene rings is 1. The summed E-state index contributed by atoms with van der Waals surface area (Å²) in [4.78, 5) is 8.43. The topological polar surface area (TPSA) is 51.8 Å². The molecule has 0 radical (unpaired) electrons. The molecule has 0 aliphatic heterocycles. The van der Waals surface area contributed by atoms with Crippen molar-refractivity contribution >= 4 is 5.82 Å². The van der Waals surface area contributed by atoms with E-state index in [1.165, 1.54) is 6.07 Å². The second kappa shape index (κ2) is 4.68. The Hall–Kier alpha value is -2.04. The first-order chi connectivity index (χ1) is 8.52. The minimum atomic E-state index is -0.901. The maximum Gasteiger partial charge on any atom is 0.159 e. The van der Waals surface area contributed by atoms with Gasteiger partial charge in [-0.2, -0.15) is 0 Å². The van der Waals surface area contributed by atoms with Gasteiger partial charge in [-0.1, -0.05) is 6.92 Å². The monoisotopic (exact) mass is 249 g/mol. The van der Waals surface area contributed by atoms with Crippen LogP contribution < -0.4 is 5.73 Å². The minimum Gasteiger partial charge on any atom is -0.383 e. The van der Waals surface area contributed by atoms with Crippen molar-refractivity contribution < 1.29 is 8.78 Å². The zero-order valence-electron chi connectivity index (χ0n) is 10.2. The largest absolute Gasteiger partial charge is 0.383 e. The summed E-state index contributed by atoms with van der Waals surface area (Å²) in [5.41, 5.74) is 7.48. The predicted molar refractivity (Wildman–Crippen MR) is 65.9 cm³/mol. The van der Waals surface area contributed by atoms with Crippen molar-refractivity contribution in [3.05, 3.63) is 41.2 Å². The number of anilines is 1. The smallest absolute Gasteiger partial charge is 0.159 e. The summed E-state index contributed by atoms with van der Waals surface area (Å²) in [6.45, 7) is 3.66. The normalized spacial score (nSPS) is 10.7. The van der Waals surface area contributed by atoms with Gasteiger partial charge in [-0.25, -0.2) is 18.7 Å².